The first-order valence-corrected chi connectivity index (χ1v) is 18.2. The molecule has 2 aliphatic rings. The summed E-state index contributed by atoms with van der Waals surface area (Å²) in [7, 11) is 1.84. The quantitative estimate of drug-likeness (QED) is 0.175. The summed E-state index contributed by atoms with van der Waals surface area (Å²) in [5.41, 5.74) is 66.4. The van der Waals surface area contributed by atoms with Crippen LogP contribution in [0.4, 0.5) is 27.5 Å². The molecular weight excluding hydrogens is 789 g/mol. The molecule has 0 aliphatic carbocycles. The van der Waals surface area contributed by atoms with Gasteiger partial charge in [-0.15, -0.1) is 0 Å². The number of anilines is 3. The van der Waals surface area contributed by atoms with E-state index < -0.39 is 10.5 Å². The Bertz CT molecular complexity index is 2940. The van der Waals surface area contributed by atoms with Crippen molar-refractivity contribution in [3.05, 3.63) is 209 Å². The van der Waals surface area contributed by atoms with Gasteiger partial charge in [-0.2, -0.15) is 0 Å². The monoisotopic (exact) mass is 828 g/mol. The topological polar surface area (TPSA) is 115 Å². The van der Waals surface area contributed by atoms with Crippen LogP contribution in [0.25, 0.3) is 0 Å². The van der Waals surface area contributed by atoms with E-state index in [2.05, 4.69) is 173 Å². The number of carbonyl (C=O) groups is 1. The molecule has 2 heterocycles. The van der Waals surface area contributed by atoms with Crippen LogP contribution in [0.3, 0.4) is 0 Å². The zero-order valence-electron chi connectivity index (χ0n) is 34.5. The van der Waals surface area contributed by atoms with Crippen LogP contribution in [0.15, 0.2) is 199 Å². The Morgan fingerprint density at radius 3 is 1.56 bits per heavy atom. The van der Waals surface area contributed by atoms with Gasteiger partial charge in [0, 0.05) is 83.8 Å². The SMILES string of the molecule is C.C=C=C=C=C=C=C=C=C=C=C=C=C=C=C=C=C=C=C=C=C=C=C=C=C=C=C=C.CNc1ccc2c(c1)N(C(=O)OC(C)(C)C)CCCO2.O=[N+]([O-])c1ccc2c(c1)NCCCO2. The van der Waals surface area contributed by atoms with Gasteiger partial charge in [-0.1, -0.05) is 18.9 Å². The summed E-state index contributed by atoms with van der Waals surface area (Å²) < 4.78 is 16.6. The Balaban J connectivity index is 0.000000493. The fourth-order valence-corrected chi connectivity index (χ4v) is 4.19. The first kappa shape index (κ1) is 51.3. The molecule has 1 amide bonds. The van der Waals surface area contributed by atoms with Gasteiger partial charge in [0.25, 0.3) is 5.69 Å². The molecule has 0 saturated carbocycles. The average Bonchev–Trinajstić information content (AvgIpc) is 3.63. The van der Waals surface area contributed by atoms with Crippen LogP contribution < -0.4 is 25.0 Å². The number of nitrogens with one attached hydrogen (secondary N) is 2. The fraction of sp³-hybridized carbons (Fsp3) is 0.226. The highest BCUT2D eigenvalue weighted by Gasteiger charge is 2.27. The molecule has 2 aliphatic heterocycles. The lowest BCUT2D eigenvalue weighted by molar-refractivity contribution is -0.384. The van der Waals surface area contributed by atoms with Crippen LogP contribution in [-0.2, 0) is 4.74 Å². The molecule has 0 atom stereocenters. The third kappa shape index (κ3) is 23.4. The Hall–Kier alpha value is -9.67. The van der Waals surface area contributed by atoms with E-state index in [1.165, 1.54) is 12.1 Å². The molecule has 10 heteroatoms. The van der Waals surface area contributed by atoms with E-state index >= 15 is 0 Å². The molecule has 0 fully saturated rings. The Morgan fingerprint density at radius 2 is 1.13 bits per heavy atom. The minimum atomic E-state index is -0.509. The fourth-order valence-electron chi connectivity index (χ4n) is 4.19. The molecule has 2 aromatic rings. The van der Waals surface area contributed by atoms with Crippen LogP contribution in [0.5, 0.6) is 11.5 Å². The minimum absolute atomic E-state index is 0. The van der Waals surface area contributed by atoms with E-state index in [-0.39, 0.29) is 19.2 Å². The van der Waals surface area contributed by atoms with E-state index in [4.69, 9.17) is 14.2 Å². The number of amides is 1. The third-order valence-electron chi connectivity index (χ3n) is 6.62. The van der Waals surface area contributed by atoms with Crippen molar-refractivity contribution >= 4 is 28.8 Å². The summed E-state index contributed by atoms with van der Waals surface area (Å²) in [5, 5.41) is 16.7. The molecule has 0 spiro atoms. The Morgan fingerprint density at radius 1 is 0.698 bits per heavy atom. The number of carbonyl (C=O) groups excluding carboxylic acids is 1. The lowest BCUT2D eigenvalue weighted by Gasteiger charge is -2.27. The van der Waals surface area contributed by atoms with Crippen molar-refractivity contribution in [1.29, 1.82) is 0 Å². The molecule has 0 saturated heterocycles. The number of nitro benzene ring substituents is 1. The normalized spacial score (nSPS) is 9.68. The van der Waals surface area contributed by atoms with Crippen LogP contribution in [0.2, 0.25) is 0 Å². The standard InChI is InChI=1S/C28H4.C15H22N2O3.C9H10N2O3.CH4/c1-3-5-7-9-11-13-15-17-19-21-23-25-27-28-26-24-22-20-18-16-14-12-10-8-6-4-2;1-15(2,3)20-14(18)17-8-5-9-19-13-7-6-11(16-4)10-12(13)17;12-11(13)7-2-3-9-8(6-7)10-4-1-5-14-9;/h1-2H2;6-7,10,16H,5,8-9H2,1-4H3;2-3,6,10H,1,4-5H2;1H4. The second-order valence-corrected chi connectivity index (χ2v) is 12.2. The number of hydrogen-bond donors (Lipinski definition) is 2. The number of nitrogens with zero attached hydrogens (tertiary/aromatic N) is 2. The van der Waals surface area contributed by atoms with Crippen LogP contribution in [0.1, 0.15) is 41.0 Å². The Labute approximate surface area is 367 Å². The van der Waals surface area contributed by atoms with Gasteiger partial charge < -0.3 is 24.8 Å². The summed E-state index contributed by atoms with van der Waals surface area (Å²) in [5.74, 6) is 1.40. The lowest BCUT2D eigenvalue weighted by Crippen LogP contribution is -2.37. The number of non-ortho nitro benzene ring substituents is 1. The van der Waals surface area contributed by atoms with Crippen molar-refractivity contribution in [2.24, 2.45) is 0 Å². The predicted molar refractivity (Wildman–Crippen MR) is 241 cm³/mol. The van der Waals surface area contributed by atoms with E-state index in [9.17, 15) is 14.9 Å². The van der Waals surface area contributed by atoms with Gasteiger partial charge in [-0.3, -0.25) is 15.0 Å². The molecule has 63 heavy (non-hydrogen) atoms. The maximum Gasteiger partial charge on any atom is 0.414 e. The van der Waals surface area contributed by atoms with Gasteiger partial charge in [0.15, 0.2) is 0 Å². The first-order chi connectivity index (χ1) is 30.1. The molecule has 0 aromatic heterocycles. The van der Waals surface area contributed by atoms with Gasteiger partial charge in [0.05, 0.1) is 29.5 Å². The van der Waals surface area contributed by atoms with Gasteiger partial charge in [-0.25, -0.2) is 4.79 Å². The van der Waals surface area contributed by atoms with Crippen LogP contribution in [0, 0.1) is 10.1 Å². The summed E-state index contributed by atoms with van der Waals surface area (Å²) in [6, 6.07) is 10.3. The molecule has 2 N–H and O–H groups in total. The number of rotatable bonds is 2. The molecule has 10 nitrogen and oxygen atoms in total. The zero-order valence-corrected chi connectivity index (χ0v) is 34.5. The van der Waals surface area contributed by atoms with Crippen molar-refractivity contribution in [2.75, 3.05) is 48.9 Å². The van der Waals surface area contributed by atoms with Crippen LogP contribution in [-0.4, -0.2) is 50.0 Å². The van der Waals surface area contributed by atoms with Gasteiger partial charge >= 0.3 is 6.09 Å². The van der Waals surface area contributed by atoms with Gasteiger partial charge in [0.1, 0.15) is 17.1 Å². The molecule has 4 rings (SSSR count). The highest BCUT2D eigenvalue weighted by molar-refractivity contribution is 5.91. The largest absolute Gasteiger partial charge is 0.491 e. The lowest BCUT2D eigenvalue weighted by atomic mass is 10.2. The molecule has 0 radical (unpaired) electrons. The Kier molecular flexibility index (Phi) is 25.5. The van der Waals surface area contributed by atoms with E-state index in [1.807, 2.05) is 46.0 Å². The van der Waals surface area contributed by atoms with Crippen LogP contribution >= 0.6 is 0 Å². The number of fused-ring (bicyclic) bond motifs is 2. The summed E-state index contributed by atoms with van der Waals surface area (Å²) in [6.45, 7) is 14.8. The molecule has 0 bridgehead atoms. The second kappa shape index (κ2) is 31.3. The maximum atomic E-state index is 12.4. The molecule has 0 unspecified atom stereocenters. The smallest absolute Gasteiger partial charge is 0.414 e. The zero-order chi connectivity index (χ0) is 45.1. The molecular formula is C53H40N4O6. The number of nitro groups is 1. The summed E-state index contributed by atoms with van der Waals surface area (Å²) in [4.78, 5) is 24.1. The second-order valence-electron chi connectivity index (χ2n) is 12.2. The number of hydrogen-bond acceptors (Lipinski definition) is 8. The average molecular weight is 829 g/mol. The number of ether oxygens (including phenoxy) is 3. The van der Waals surface area contributed by atoms with E-state index in [1.54, 1.807) is 11.0 Å². The number of benzene rings is 2. The van der Waals surface area contributed by atoms with Gasteiger partial charge in [-0.05, 0) is 163 Å². The first-order valence-electron chi connectivity index (χ1n) is 18.2. The van der Waals surface area contributed by atoms with Crippen molar-refractivity contribution < 1.29 is 23.9 Å². The highest BCUT2D eigenvalue weighted by atomic mass is 16.6. The highest BCUT2D eigenvalue weighted by Crippen LogP contribution is 2.34. The molecule has 308 valence electrons. The van der Waals surface area contributed by atoms with Gasteiger partial charge in [0.2, 0.25) is 0 Å². The summed E-state index contributed by atoms with van der Waals surface area (Å²) >= 11 is 0. The predicted octanol–water partition coefficient (Wildman–Crippen LogP) is 10.5. The maximum absolute atomic E-state index is 12.4. The van der Waals surface area contributed by atoms with E-state index in [0.717, 1.165) is 30.8 Å². The third-order valence-corrected chi connectivity index (χ3v) is 6.62. The van der Waals surface area contributed by atoms with E-state index in [0.29, 0.717) is 36.9 Å². The van der Waals surface area contributed by atoms with Crippen molar-refractivity contribution in [1.82, 2.24) is 0 Å². The van der Waals surface area contributed by atoms with Crippen molar-refractivity contribution in [3.8, 4) is 11.5 Å². The molecule has 2 aromatic carbocycles. The summed E-state index contributed by atoms with van der Waals surface area (Å²) in [6.07, 6.45) is 1.35. The van der Waals surface area contributed by atoms with Crippen molar-refractivity contribution in [2.45, 2.75) is 46.6 Å². The minimum Gasteiger partial charge on any atom is -0.491 e. The van der Waals surface area contributed by atoms with Crippen molar-refractivity contribution in [3.63, 3.8) is 0 Å².